The van der Waals surface area contributed by atoms with Crippen molar-refractivity contribution in [3.8, 4) is 0 Å². The first kappa shape index (κ1) is 14.3. The number of unbranched alkanes of at least 4 members (excludes halogenated alkanes) is 1. The summed E-state index contributed by atoms with van der Waals surface area (Å²) in [6.07, 6.45) is 3.92. The summed E-state index contributed by atoms with van der Waals surface area (Å²) < 4.78 is 0. The Bertz CT molecular complexity index is 540. The first-order chi connectivity index (χ1) is 9.79. The lowest BCUT2D eigenvalue weighted by Gasteiger charge is -2.09. The molecule has 2 rings (SSSR count). The Hall–Kier alpha value is -2.10. The number of aryl methyl sites for hydroxylation is 1. The van der Waals surface area contributed by atoms with Crippen LogP contribution in [0.2, 0.25) is 0 Å². The Labute approximate surface area is 120 Å². The third-order valence-corrected chi connectivity index (χ3v) is 3.22. The van der Waals surface area contributed by atoms with Crippen LogP contribution in [-0.4, -0.2) is 16.5 Å². The van der Waals surface area contributed by atoms with Gasteiger partial charge in [0.05, 0.1) is 0 Å². The molecule has 0 saturated carbocycles. The van der Waals surface area contributed by atoms with Gasteiger partial charge in [0, 0.05) is 19.2 Å². The number of hydrogen-bond acceptors (Lipinski definition) is 4. The maximum Gasteiger partial charge on any atom is 0.131 e. The molecule has 0 aliphatic heterocycles. The molecule has 0 atom stereocenters. The van der Waals surface area contributed by atoms with E-state index >= 15 is 0 Å². The molecule has 1 aromatic heterocycles. The van der Waals surface area contributed by atoms with Gasteiger partial charge in [0.25, 0.3) is 0 Å². The molecule has 0 unspecified atom stereocenters. The Balaban J connectivity index is 1.93. The highest BCUT2D eigenvalue weighted by Crippen LogP contribution is 2.12. The summed E-state index contributed by atoms with van der Waals surface area (Å²) in [4.78, 5) is 8.47. The highest BCUT2D eigenvalue weighted by Gasteiger charge is 2.00. The van der Waals surface area contributed by atoms with E-state index in [1.54, 1.807) is 6.33 Å². The lowest BCUT2D eigenvalue weighted by atomic mass is 10.1. The van der Waals surface area contributed by atoms with Crippen LogP contribution in [0.25, 0.3) is 0 Å². The minimum absolute atomic E-state index is 0.776. The lowest BCUT2D eigenvalue weighted by Crippen LogP contribution is -2.06. The average Bonchev–Trinajstić information content (AvgIpc) is 2.47. The molecule has 0 spiro atoms. The van der Waals surface area contributed by atoms with Gasteiger partial charge in [0.1, 0.15) is 18.0 Å². The maximum absolute atomic E-state index is 4.25. The molecule has 1 aromatic carbocycles. The van der Waals surface area contributed by atoms with E-state index in [2.05, 4.69) is 58.7 Å². The molecule has 1 heterocycles. The zero-order valence-electron chi connectivity index (χ0n) is 12.2. The first-order valence-electron chi connectivity index (χ1n) is 7.14. The van der Waals surface area contributed by atoms with Gasteiger partial charge >= 0.3 is 0 Å². The first-order valence-corrected chi connectivity index (χ1v) is 7.14. The van der Waals surface area contributed by atoms with Crippen molar-refractivity contribution < 1.29 is 0 Å². The fourth-order valence-electron chi connectivity index (χ4n) is 1.94. The SMILES string of the molecule is CCCCNc1cc(NCc2ccccc2C)ncn1. The van der Waals surface area contributed by atoms with Crippen LogP contribution >= 0.6 is 0 Å². The van der Waals surface area contributed by atoms with E-state index in [1.807, 2.05) is 6.07 Å². The summed E-state index contributed by atoms with van der Waals surface area (Å²) in [5.74, 6) is 1.72. The van der Waals surface area contributed by atoms with Crippen molar-refractivity contribution in [3.05, 3.63) is 47.8 Å². The number of hydrogen-bond donors (Lipinski definition) is 2. The summed E-state index contributed by atoms with van der Waals surface area (Å²) in [6, 6.07) is 10.3. The van der Waals surface area contributed by atoms with Crippen LogP contribution in [0, 0.1) is 6.92 Å². The van der Waals surface area contributed by atoms with Crippen molar-refractivity contribution in [3.63, 3.8) is 0 Å². The Kier molecular flexibility index (Phi) is 5.35. The van der Waals surface area contributed by atoms with E-state index < -0.39 is 0 Å². The smallest absolute Gasteiger partial charge is 0.131 e. The predicted molar refractivity (Wildman–Crippen MR) is 83.9 cm³/mol. The monoisotopic (exact) mass is 270 g/mol. The van der Waals surface area contributed by atoms with Gasteiger partial charge in [-0.1, -0.05) is 37.6 Å². The van der Waals surface area contributed by atoms with Crippen molar-refractivity contribution in [1.29, 1.82) is 0 Å². The summed E-state index contributed by atoms with van der Waals surface area (Å²) in [5, 5.41) is 6.65. The van der Waals surface area contributed by atoms with Gasteiger partial charge in [-0.15, -0.1) is 0 Å². The van der Waals surface area contributed by atoms with E-state index in [-0.39, 0.29) is 0 Å². The molecule has 106 valence electrons. The Morgan fingerprint density at radius 2 is 1.80 bits per heavy atom. The van der Waals surface area contributed by atoms with E-state index in [0.717, 1.165) is 31.1 Å². The molecule has 4 heteroatoms. The molecule has 0 amide bonds. The lowest BCUT2D eigenvalue weighted by molar-refractivity contribution is 0.830. The van der Waals surface area contributed by atoms with E-state index in [0.29, 0.717) is 0 Å². The molecule has 2 aromatic rings. The number of nitrogens with zero attached hydrogens (tertiary/aromatic N) is 2. The summed E-state index contributed by atoms with van der Waals surface area (Å²) >= 11 is 0. The zero-order valence-corrected chi connectivity index (χ0v) is 12.2. The Morgan fingerprint density at radius 3 is 2.55 bits per heavy atom. The van der Waals surface area contributed by atoms with Gasteiger partial charge in [-0.25, -0.2) is 9.97 Å². The van der Waals surface area contributed by atoms with Gasteiger partial charge in [0.2, 0.25) is 0 Å². The summed E-state index contributed by atoms with van der Waals surface area (Å²) in [7, 11) is 0. The molecular weight excluding hydrogens is 248 g/mol. The second kappa shape index (κ2) is 7.48. The van der Waals surface area contributed by atoms with E-state index in [1.165, 1.54) is 17.5 Å². The predicted octanol–water partition coefficient (Wildman–Crippen LogP) is 3.61. The van der Waals surface area contributed by atoms with Gasteiger partial charge < -0.3 is 10.6 Å². The molecule has 0 aliphatic carbocycles. The topological polar surface area (TPSA) is 49.8 Å². The van der Waals surface area contributed by atoms with E-state index in [9.17, 15) is 0 Å². The van der Waals surface area contributed by atoms with Crippen LogP contribution in [0.15, 0.2) is 36.7 Å². The van der Waals surface area contributed by atoms with Crippen LogP contribution in [0.3, 0.4) is 0 Å². The van der Waals surface area contributed by atoms with Gasteiger partial charge in [-0.3, -0.25) is 0 Å². The molecule has 0 bridgehead atoms. The van der Waals surface area contributed by atoms with Crippen molar-refractivity contribution in [1.82, 2.24) is 9.97 Å². The standard InChI is InChI=1S/C16H22N4/c1-3-4-9-17-15-10-16(20-12-19-15)18-11-14-8-6-5-7-13(14)2/h5-8,10,12H,3-4,9,11H2,1-2H3,(H2,17,18,19,20). The Morgan fingerprint density at radius 1 is 1.05 bits per heavy atom. The third kappa shape index (κ3) is 4.23. The molecule has 0 saturated heterocycles. The van der Waals surface area contributed by atoms with Gasteiger partial charge in [-0.2, -0.15) is 0 Å². The number of anilines is 2. The van der Waals surface area contributed by atoms with Crippen LogP contribution in [-0.2, 0) is 6.54 Å². The van der Waals surface area contributed by atoms with Gasteiger partial charge in [-0.05, 0) is 24.5 Å². The summed E-state index contributed by atoms with van der Waals surface area (Å²) in [5.41, 5.74) is 2.57. The highest BCUT2D eigenvalue weighted by atomic mass is 15.1. The average molecular weight is 270 g/mol. The minimum atomic E-state index is 0.776. The van der Waals surface area contributed by atoms with Crippen LogP contribution in [0.5, 0.6) is 0 Å². The quantitative estimate of drug-likeness (QED) is 0.755. The van der Waals surface area contributed by atoms with Gasteiger partial charge in [0.15, 0.2) is 0 Å². The fraction of sp³-hybridized carbons (Fsp3) is 0.375. The normalized spacial score (nSPS) is 10.3. The minimum Gasteiger partial charge on any atom is -0.370 e. The molecule has 0 fully saturated rings. The van der Waals surface area contributed by atoms with E-state index in [4.69, 9.17) is 0 Å². The molecule has 0 radical (unpaired) electrons. The third-order valence-electron chi connectivity index (χ3n) is 3.22. The maximum atomic E-state index is 4.25. The molecular formula is C16H22N4. The van der Waals surface area contributed by atoms with Crippen molar-refractivity contribution in [2.75, 3.05) is 17.2 Å². The number of aromatic nitrogens is 2. The second-order valence-corrected chi connectivity index (χ2v) is 4.85. The van der Waals surface area contributed by atoms with Crippen molar-refractivity contribution >= 4 is 11.6 Å². The van der Waals surface area contributed by atoms with Crippen molar-refractivity contribution in [2.45, 2.75) is 33.2 Å². The number of benzene rings is 1. The van der Waals surface area contributed by atoms with Crippen LogP contribution in [0.4, 0.5) is 11.6 Å². The van der Waals surface area contributed by atoms with Crippen LogP contribution < -0.4 is 10.6 Å². The van der Waals surface area contributed by atoms with Crippen molar-refractivity contribution in [2.24, 2.45) is 0 Å². The van der Waals surface area contributed by atoms with Crippen LogP contribution in [0.1, 0.15) is 30.9 Å². The molecule has 2 N–H and O–H groups in total. The molecule has 4 nitrogen and oxygen atoms in total. The zero-order chi connectivity index (χ0) is 14.2. The molecule has 20 heavy (non-hydrogen) atoms. The largest absolute Gasteiger partial charge is 0.370 e. The summed E-state index contributed by atoms with van der Waals surface area (Å²) in [6.45, 7) is 6.02. The molecule has 0 aliphatic rings. The highest BCUT2D eigenvalue weighted by molar-refractivity contribution is 5.47. The number of rotatable bonds is 7. The number of nitrogens with one attached hydrogen (secondary N) is 2. The fourth-order valence-corrected chi connectivity index (χ4v) is 1.94. The second-order valence-electron chi connectivity index (χ2n) is 4.85.